The lowest BCUT2D eigenvalue weighted by Crippen LogP contribution is -2.38. The maximum absolute atomic E-state index is 5.76. The van der Waals surface area contributed by atoms with Crippen LogP contribution in [0.2, 0.25) is 0 Å². The van der Waals surface area contributed by atoms with Crippen LogP contribution in [-0.2, 0) is 6.54 Å². The van der Waals surface area contributed by atoms with Crippen LogP contribution in [0.25, 0.3) is 0 Å². The van der Waals surface area contributed by atoms with Crippen molar-refractivity contribution in [3.8, 4) is 0 Å². The summed E-state index contributed by atoms with van der Waals surface area (Å²) in [4.78, 5) is 6.54. The number of aromatic nitrogens is 1. The van der Waals surface area contributed by atoms with E-state index >= 15 is 0 Å². The predicted octanol–water partition coefficient (Wildman–Crippen LogP) is 1.89. The van der Waals surface area contributed by atoms with Crippen LogP contribution >= 0.6 is 0 Å². The molecule has 0 fully saturated rings. The minimum atomic E-state index is 0.179. The Labute approximate surface area is 98.7 Å². The summed E-state index contributed by atoms with van der Waals surface area (Å²) in [6.07, 6.45) is 3.74. The summed E-state index contributed by atoms with van der Waals surface area (Å²) in [7, 11) is 0. The third kappa shape index (κ3) is 4.29. The van der Waals surface area contributed by atoms with Gasteiger partial charge in [-0.15, -0.1) is 0 Å². The fraction of sp³-hybridized carbons (Fsp3) is 0.615. The highest BCUT2D eigenvalue weighted by molar-refractivity contribution is 5.08. The standard InChI is InChI=1S/C13H23N3/c1-4-16(11-13(2,3)10-14)9-12-6-5-7-15-8-12/h5-8H,4,9-11,14H2,1-3H3. The third-order valence-corrected chi connectivity index (χ3v) is 2.78. The Bertz CT molecular complexity index is 295. The zero-order valence-electron chi connectivity index (χ0n) is 10.6. The van der Waals surface area contributed by atoms with Crippen molar-refractivity contribution in [3.05, 3.63) is 30.1 Å². The first kappa shape index (κ1) is 13.1. The highest BCUT2D eigenvalue weighted by Crippen LogP contribution is 2.16. The van der Waals surface area contributed by atoms with E-state index < -0.39 is 0 Å². The molecule has 0 saturated carbocycles. The highest BCUT2D eigenvalue weighted by Gasteiger charge is 2.19. The first-order valence-electron chi connectivity index (χ1n) is 5.89. The summed E-state index contributed by atoms with van der Waals surface area (Å²) in [5.74, 6) is 0. The van der Waals surface area contributed by atoms with Crippen molar-refractivity contribution < 1.29 is 0 Å². The molecule has 0 aliphatic rings. The lowest BCUT2D eigenvalue weighted by Gasteiger charge is -2.30. The molecule has 90 valence electrons. The highest BCUT2D eigenvalue weighted by atomic mass is 15.1. The molecule has 1 heterocycles. The second-order valence-electron chi connectivity index (χ2n) is 5.03. The van der Waals surface area contributed by atoms with Gasteiger partial charge in [0.1, 0.15) is 0 Å². The van der Waals surface area contributed by atoms with Crippen molar-refractivity contribution >= 4 is 0 Å². The molecule has 0 bridgehead atoms. The summed E-state index contributed by atoms with van der Waals surface area (Å²) >= 11 is 0. The van der Waals surface area contributed by atoms with Gasteiger partial charge in [0.2, 0.25) is 0 Å². The van der Waals surface area contributed by atoms with Crippen LogP contribution in [0.15, 0.2) is 24.5 Å². The molecule has 0 amide bonds. The lowest BCUT2D eigenvalue weighted by molar-refractivity contribution is 0.183. The molecule has 0 aromatic carbocycles. The monoisotopic (exact) mass is 221 g/mol. The van der Waals surface area contributed by atoms with Gasteiger partial charge >= 0.3 is 0 Å². The Morgan fingerprint density at radius 3 is 2.69 bits per heavy atom. The molecule has 0 aliphatic carbocycles. The fourth-order valence-electron chi connectivity index (χ4n) is 1.70. The van der Waals surface area contributed by atoms with Crippen molar-refractivity contribution in [3.63, 3.8) is 0 Å². The molecule has 0 aliphatic heterocycles. The van der Waals surface area contributed by atoms with E-state index in [0.29, 0.717) is 0 Å². The molecule has 1 rings (SSSR count). The van der Waals surface area contributed by atoms with Crippen LogP contribution < -0.4 is 5.73 Å². The maximum Gasteiger partial charge on any atom is 0.0312 e. The topological polar surface area (TPSA) is 42.2 Å². The zero-order chi connectivity index (χ0) is 12.0. The van der Waals surface area contributed by atoms with Gasteiger partial charge in [-0.1, -0.05) is 26.8 Å². The van der Waals surface area contributed by atoms with E-state index in [1.807, 2.05) is 18.5 Å². The Kier molecular flexibility index (Phi) is 4.90. The molecular formula is C13H23N3. The molecular weight excluding hydrogens is 198 g/mol. The average Bonchev–Trinajstić information content (AvgIpc) is 2.29. The van der Waals surface area contributed by atoms with Crippen molar-refractivity contribution in [2.75, 3.05) is 19.6 Å². The SMILES string of the molecule is CCN(Cc1cccnc1)CC(C)(C)CN. The van der Waals surface area contributed by atoms with Crippen LogP contribution in [0.5, 0.6) is 0 Å². The molecule has 0 spiro atoms. The molecule has 16 heavy (non-hydrogen) atoms. The van der Waals surface area contributed by atoms with Crippen LogP contribution in [0.1, 0.15) is 26.3 Å². The molecule has 2 N–H and O–H groups in total. The zero-order valence-corrected chi connectivity index (χ0v) is 10.6. The number of hydrogen-bond acceptors (Lipinski definition) is 3. The minimum absolute atomic E-state index is 0.179. The van der Waals surface area contributed by atoms with Crippen LogP contribution in [0, 0.1) is 5.41 Å². The summed E-state index contributed by atoms with van der Waals surface area (Å²) in [6.45, 7) is 10.3. The molecule has 3 heteroatoms. The Hall–Kier alpha value is -0.930. The van der Waals surface area contributed by atoms with Gasteiger partial charge < -0.3 is 5.73 Å². The third-order valence-electron chi connectivity index (χ3n) is 2.78. The summed E-state index contributed by atoms with van der Waals surface area (Å²) in [5.41, 5.74) is 7.20. The summed E-state index contributed by atoms with van der Waals surface area (Å²) < 4.78 is 0. The molecule has 0 unspecified atom stereocenters. The maximum atomic E-state index is 5.76. The van der Waals surface area contributed by atoms with Crippen LogP contribution in [0.3, 0.4) is 0 Å². The van der Waals surface area contributed by atoms with E-state index in [0.717, 1.165) is 26.2 Å². The van der Waals surface area contributed by atoms with Gasteiger partial charge in [0.05, 0.1) is 0 Å². The van der Waals surface area contributed by atoms with Crippen molar-refractivity contribution in [2.45, 2.75) is 27.3 Å². The normalized spacial score (nSPS) is 12.1. The first-order chi connectivity index (χ1) is 7.57. The van der Waals surface area contributed by atoms with Gasteiger partial charge in [-0.05, 0) is 30.1 Å². The quantitative estimate of drug-likeness (QED) is 0.797. The molecule has 0 atom stereocenters. The second-order valence-corrected chi connectivity index (χ2v) is 5.03. The van der Waals surface area contributed by atoms with Gasteiger partial charge in [0.15, 0.2) is 0 Å². The minimum Gasteiger partial charge on any atom is -0.330 e. The Morgan fingerprint density at radius 2 is 2.19 bits per heavy atom. The second kappa shape index (κ2) is 5.97. The Balaban J connectivity index is 2.56. The van der Waals surface area contributed by atoms with Crippen molar-refractivity contribution in [1.82, 2.24) is 9.88 Å². The van der Waals surface area contributed by atoms with E-state index in [1.54, 1.807) is 0 Å². The van der Waals surface area contributed by atoms with E-state index in [2.05, 4.69) is 36.7 Å². The van der Waals surface area contributed by atoms with Gasteiger partial charge in [-0.2, -0.15) is 0 Å². The number of pyridine rings is 1. The van der Waals surface area contributed by atoms with Gasteiger partial charge in [-0.25, -0.2) is 0 Å². The van der Waals surface area contributed by atoms with Gasteiger partial charge in [0.25, 0.3) is 0 Å². The lowest BCUT2D eigenvalue weighted by atomic mass is 9.93. The average molecular weight is 221 g/mol. The Morgan fingerprint density at radius 1 is 1.44 bits per heavy atom. The van der Waals surface area contributed by atoms with Crippen molar-refractivity contribution in [2.24, 2.45) is 11.1 Å². The smallest absolute Gasteiger partial charge is 0.0312 e. The number of nitrogens with zero attached hydrogens (tertiary/aromatic N) is 2. The van der Waals surface area contributed by atoms with Crippen LogP contribution in [-0.4, -0.2) is 29.5 Å². The molecule has 0 radical (unpaired) electrons. The molecule has 1 aromatic rings. The summed E-state index contributed by atoms with van der Waals surface area (Å²) in [5, 5.41) is 0. The number of rotatable bonds is 6. The van der Waals surface area contributed by atoms with E-state index in [1.165, 1.54) is 5.56 Å². The number of hydrogen-bond donors (Lipinski definition) is 1. The van der Waals surface area contributed by atoms with Gasteiger partial charge in [-0.3, -0.25) is 9.88 Å². The van der Waals surface area contributed by atoms with Crippen molar-refractivity contribution in [1.29, 1.82) is 0 Å². The van der Waals surface area contributed by atoms with E-state index in [4.69, 9.17) is 5.73 Å². The largest absolute Gasteiger partial charge is 0.330 e. The molecule has 3 nitrogen and oxygen atoms in total. The number of nitrogens with two attached hydrogens (primary N) is 1. The van der Waals surface area contributed by atoms with E-state index in [9.17, 15) is 0 Å². The summed E-state index contributed by atoms with van der Waals surface area (Å²) in [6, 6.07) is 4.10. The predicted molar refractivity (Wildman–Crippen MR) is 68.0 cm³/mol. The first-order valence-corrected chi connectivity index (χ1v) is 5.89. The molecule has 0 saturated heterocycles. The molecule has 1 aromatic heterocycles. The van der Waals surface area contributed by atoms with Crippen LogP contribution in [0.4, 0.5) is 0 Å². The van der Waals surface area contributed by atoms with E-state index in [-0.39, 0.29) is 5.41 Å². The fourth-order valence-corrected chi connectivity index (χ4v) is 1.70. The van der Waals surface area contributed by atoms with Gasteiger partial charge in [0, 0.05) is 25.5 Å².